The summed E-state index contributed by atoms with van der Waals surface area (Å²) in [7, 11) is 0. The lowest BCUT2D eigenvalue weighted by Gasteiger charge is -2.29. The van der Waals surface area contributed by atoms with Gasteiger partial charge in [0, 0.05) is 17.5 Å². The van der Waals surface area contributed by atoms with Crippen molar-refractivity contribution in [3.05, 3.63) is 70.8 Å². The number of carbonyl (C=O) groups excluding carboxylic acids is 4. The molecule has 202 valence electrons. The van der Waals surface area contributed by atoms with E-state index >= 15 is 0 Å². The molecule has 0 aromatic heterocycles. The number of carboxylic acid groups (broad SMARTS) is 1. The van der Waals surface area contributed by atoms with Crippen LogP contribution in [0.4, 0.5) is 4.79 Å². The molecule has 1 aliphatic rings. The predicted octanol–water partition coefficient (Wildman–Crippen LogP) is 1.27. The number of hydrogen-bond acceptors (Lipinski definition) is 9. The van der Waals surface area contributed by atoms with Crippen molar-refractivity contribution in [2.75, 3.05) is 13.1 Å². The number of imide groups is 1. The largest absolute Gasteiger partial charge is 0.480 e. The lowest BCUT2D eigenvalue weighted by molar-refractivity contribution is -0.149. The fraction of sp³-hybridized carbons (Fsp3) is 0.370. The van der Waals surface area contributed by atoms with E-state index in [4.69, 9.17) is 16.2 Å². The van der Waals surface area contributed by atoms with Crippen LogP contribution >= 0.6 is 0 Å². The maximum atomic E-state index is 13.5. The smallest absolute Gasteiger partial charge is 0.417 e. The van der Waals surface area contributed by atoms with Crippen LogP contribution in [0.15, 0.2) is 48.5 Å². The number of nitrogens with two attached hydrogens (primary N) is 2. The highest BCUT2D eigenvalue weighted by Crippen LogP contribution is 2.24. The van der Waals surface area contributed by atoms with Gasteiger partial charge in [0.2, 0.25) is 5.91 Å². The SMILES string of the molecule is CC(N)C(=O)N(C(=O)OCc1ccccc1)C(Cc1cccc(C(=O)CN)c1C(=O)C1CCCN1)C(=O)O. The van der Waals surface area contributed by atoms with Crippen molar-refractivity contribution >= 4 is 29.5 Å². The number of rotatable bonds is 11. The molecule has 2 aromatic rings. The molecule has 1 saturated heterocycles. The molecule has 0 radical (unpaired) electrons. The van der Waals surface area contributed by atoms with Crippen LogP contribution in [-0.2, 0) is 27.4 Å². The Morgan fingerprint density at radius 2 is 1.82 bits per heavy atom. The van der Waals surface area contributed by atoms with Gasteiger partial charge in [0.05, 0.1) is 18.6 Å². The Hall–Kier alpha value is -3.93. The van der Waals surface area contributed by atoms with E-state index in [1.807, 2.05) is 0 Å². The van der Waals surface area contributed by atoms with Gasteiger partial charge >= 0.3 is 12.1 Å². The van der Waals surface area contributed by atoms with Crippen molar-refractivity contribution < 1.29 is 33.8 Å². The Bertz CT molecular complexity index is 1190. The van der Waals surface area contributed by atoms with E-state index in [1.165, 1.54) is 25.1 Å². The molecule has 1 aliphatic heterocycles. The topological polar surface area (TPSA) is 182 Å². The second-order valence-electron chi connectivity index (χ2n) is 9.08. The highest BCUT2D eigenvalue weighted by molar-refractivity contribution is 6.12. The van der Waals surface area contributed by atoms with Gasteiger partial charge in [0.25, 0.3) is 0 Å². The van der Waals surface area contributed by atoms with Crippen LogP contribution in [0.5, 0.6) is 0 Å². The van der Waals surface area contributed by atoms with Crippen molar-refractivity contribution in [3.8, 4) is 0 Å². The molecule has 11 heteroatoms. The molecule has 38 heavy (non-hydrogen) atoms. The monoisotopic (exact) mass is 524 g/mol. The minimum Gasteiger partial charge on any atom is -0.480 e. The zero-order valence-electron chi connectivity index (χ0n) is 21.1. The molecule has 6 N–H and O–H groups in total. The van der Waals surface area contributed by atoms with E-state index in [9.17, 15) is 29.1 Å². The molecule has 1 heterocycles. The molecule has 11 nitrogen and oxygen atoms in total. The van der Waals surface area contributed by atoms with Crippen molar-refractivity contribution in [2.45, 2.75) is 50.9 Å². The average molecular weight is 525 g/mol. The van der Waals surface area contributed by atoms with Crippen LogP contribution < -0.4 is 16.8 Å². The summed E-state index contributed by atoms with van der Waals surface area (Å²) in [6, 6.07) is 9.58. The summed E-state index contributed by atoms with van der Waals surface area (Å²) in [6.07, 6.45) is -0.329. The van der Waals surface area contributed by atoms with Gasteiger partial charge in [0.1, 0.15) is 12.6 Å². The molecule has 2 amide bonds. The summed E-state index contributed by atoms with van der Waals surface area (Å²) in [6.45, 7) is 1.39. The number of aliphatic carboxylic acids is 1. The third-order valence-corrected chi connectivity index (χ3v) is 6.30. The Morgan fingerprint density at radius 1 is 1.11 bits per heavy atom. The van der Waals surface area contributed by atoms with E-state index in [1.54, 1.807) is 30.3 Å². The van der Waals surface area contributed by atoms with Gasteiger partial charge in [-0.3, -0.25) is 14.4 Å². The van der Waals surface area contributed by atoms with Gasteiger partial charge < -0.3 is 26.6 Å². The number of Topliss-reactive ketones (excluding diaryl/α,β-unsaturated/α-hetero) is 2. The van der Waals surface area contributed by atoms with E-state index in [0.717, 1.165) is 6.42 Å². The molecule has 2 aromatic carbocycles. The lowest BCUT2D eigenvalue weighted by Crippen LogP contribution is -2.54. The summed E-state index contributed by atoms with van der Waals surface area (Å²) in [4.78, 5) is 65.0. The van der Waals surface area contributed by atoms with Crippen molar-refractivity contribution in [1.29, 1.82) is 0 Å². The Kier molecular flexibility index (Phi) is 9.83. The number of amides is 2. The first-order chi connectivity index (χ1) is 18.1. The number of carbonyl (C=O) groups is 5. The van der Waals surface area contributed by atoms with E-state index in [2.05, 4.69) is 5.32 Å². The first-order valence-corrected chi connectivity index (χ1v) is 12.3. The fourth-order valence-electron chi connectivity index (χ4n) is 4.36. The highest BCUT2D eigenvalue weighted by Gasteiger charge is 2.39. The Balaban J connectivity index is 2.01. The van der Waals surface area contributed by atoms with Crippen LogP contribution in [0.1, 0.15) is 51.6 Å². The Morgan fingerprint density at radius 3 is 2.39 bits per heavy atom. The van der Waals surface area contributed by atoms with E-state index in [0.29, 0.717) is 23.4 Å². The first kappa shape index (κ1) is 28.6. The first-order valence-electron chi connectivity index (χ1n) is 12.3. The van der Waals surface area contributed by atoms with Gasteiger partial charge in [-0.05, 0) is 37.4 Å². The van der Waals surface area contributed by atoms with Crippen molar-refractivity contribution in [3.63, 3.8) is 0 Å². The quantitative estimate of drug-likeness (QED) is 0.312. The molecule has 0 saturated carbocycles. The number of ether oxygens (including phenoxy) is 1. The van der Waals surface area contributed by atoms with E-state index < -0.39 is 48.3 Å². The highest BCUT2D eigenvalue weighted by atomic mass is 16.6. The van der Waals surface area contributed by atoms with Crippen LogP contribution in [0.3, 0.4) is 0 Å². The molecule has 3 rings (SSSR count). The zero-order chi connectivity index (χ0) is 27.8. The number of nitrogens with zero attached hydrogens (tertiary/aromatic N) is 1. The minimum atomic E-state index is -1.76. The maximum absolute atomic E-state index is 13.5. The normalized spacial score (nSPS) is 16.3. The van der Waals surface area contributed by atoms with E-state index in [-0.39, 0.29) is 35.6 Å². The number of nitrogens with one attached hydrogen (secondary N) is 1. The van der Waals surface area contributed by atoms with Gasteiger partial charge in [-0.2, -0.15) is 0 Å². The zero-order valence-corrected chi connectivity index (χ0v) is 21.1. The summed E-state index contributed by atoms with van der Waals surface area (Å²) in [5.74, 6) is -3.35. The lowest BCUT2D eigenvalue weighted by atomic mass is 9.88. The third-order valence-electron chi connectivity index (χ3n) is 6.30. The summed E-state index contributed by atoms with van der Waals surface area (Å²) in [5.41, 5.74) is 12.2. The maximum Gasteiger partial charge on any atom is 0.417 e. The number of carboxylic acids is 1. The van der Waals surface area contributed by atoms with Gasteiger partial charge in [-0.25, -0.2) is 14.5 Å². The van der Waals surface area contributed by atoms with Crippen LogP contribution in [0.25, 0.3) is 0 Å². The van der Waals surface area contributed by atoms with Crippen molar-refractivity contribution in [1.82, 2.24) is 10.2 Å². The van der Waals surface area contributed by atoms with Gasteiger partial charge in [-0.15, -0.1) is 0 Å². The summed E-state index contributed by atoms with van der Waals surface area (Å²) < 4.78 is 5.27. The second-order valence-corrected chi connectivity index (χ2v) is 9.08. The number of hydrogen-bond donors (Lipinski definition) is 4. The molecule has 3 unspecified atom stereocenters. The molecular formula is C27H32N4O7. The number of benzene rings is 2. The molecule has 0 bridgehead atoms. The minimum absolute atomic E-state index is 0.0273. The second kappa shape index (κ2) is 13.0. The van der Waals surface area contributed by atoms with Gasteiger partial charge in [-0.1, -0.05) is 48.5 Å². The molecular weight excluding hydrogens is 492 g/mol. The summed E-state index contributed by atoms with van der Waals surface area (Å²) in [5, 5.41) is 13.2. The molecule has 0 spiro atoms. The molecule has 1 fully saturated rings. The van der Waals surface area contributed by atoms with Gasteiger partial charge in [0.15, 0.2) is 11.6 Å². The third kappa shape index (κ3) is 6.68. The fourth-order valence-corrected chi connectivity index (χ4v) is 4.36. The average Bonchev–Trinajstić information content (AvgIpc) is 3.46. The van der Waals surface area contributed by atoms with Crippen LogP contribution in [0, 0.1) is 0 Å². The van der Waals surface area contributed by atoms with Crippen LogP contribution in [-0.4, -0.2) is 70.8 Å². The molecule has 3 atom stereocenters. The Labute approximate surface area is 220 Å². The number of ketones is 2. The summed E-state index contributed by atoms with van der Waals surface area (Å²) >= 11 is 0. The predicted molar refractivity (Wildman–Crippen MR) is 137 cm³/mol. The standard InChI is InChI=1S/C27H32N4O7/c1-16(29)25(34)31(27(37)38-15-17-7-3-2-4-8-17)21(26(35)36)13-18-9-5-10-19(22(32)14-28)23(18)24(33)20-11-6-12-30-20/h2-5,7-10,16,20-21,30H,6,11-15,28-29H2,1H3,(H,35,36). The van der Waals surface area contributed by atoms with Crippen molar-refractivity contribution in [2.24, 2.45) is 11.5 Å². The van der Waals surface area contributed by atoms with Crippen LogP contribution in [0.2, 0.25) is 0 Å². The molecule has 0 aliphatic carbocycles.